The fraction of sp³-hybridized carbons (Fsp3) is 0.138. The predicted molar refractivity (Wildman–Crippen MR) is 132 cm³/mol. The summed E-state index contributed by atoms with van der Waals surface area (Å²) in [4.78, 5) is 13.3. The number of hydrogen-bond donors (Lipinski definition) is 0. The fourth-order valence-electron chi connectivity index (χ4n) is 3.98. The molecule has 5 rings (SSSR count). The first-order valence-electron chi connectivity index (χ1n) is 11.1. The molecule has 0 radical (unpaired) electrons. The summed E-state index contributed by atoms with van der Waals surface area (Å²) in [7, 11) is 0. The van der Waals surface area contributed by atoms with E-state index in [0.717, 1.165) is 16.7 Å². The molecule has 1 aliphatic rings. The smallest absolute Gasteiger partial charge is 0.174 e. The zero-order valence-corrected chi connectivity index (χ0v) is 19.2. The van der Waals surface area contributed by atoms with E-state index in [0.29, 0.717) is 41.0 Å². The van der Waals surface area contributed by atoms with Gasteiger partial charge in [-0.1, -0.05) is 90.5 Å². The molecule has 1 heterocycles. The van der Waals surface area contributed by atoms with E-state index in [1.165, 1.54) is 0 Å². The molecule has 0 saturated carbocycles. The van der Waals surface area contributed by atoms with Gasteiger partial charge in [0.15, 0.2) is 5.78 Å². The van der Waals surface area contributed by atoms with Crippen LogP contribution in [0.4, 0.5) is 0 Å². The molecule has 0 bridgehead atoms. The summed E-state index contributed by atoms with van der Waals surface area (Å²) in [6.45, 7) is 0.719. The second-order valence-electron chi connectivity index (χ2n) is 8.10. The molecule has 1 atom stereocenters. The monoisotopic (exact) mass is 470 g/mol. The molecule has 0 amide bonds. The van der Waals surface area contributed by atoms with Crippen molar-refractivity contribution < 1.29 is 19.0 Å². The van der Waals surface area contributed by atoms with Crippen molar-refractivity contribution in [3.05, 3.63) is 124 Å². The molecule has 0 aromatic heterocycles. The molecule has 1 aliphatic heterocycles. The molecule has 0 fully saturated rings. The Morgan fingerprint density at radius 1 is 0.794 bits per heavy atom. The molecule has 4 aromatic rings. The summed E-state index contributed by atoms with van der Waals surface area (Å²) in [5, 5.41) is 0.570. The van der Waals surface area contributed by atoms with Gasteiger partial charge >= 0.3 is 0 Å². The molecule has 170 valence electrons. The maximum Gasteiger partial charge on any atom is 0.174 e. The van der Waals surface area contributed by atoms with Crippen molar-refractivity contribution in [2.75, 3.05) is 0 Å². The Bertz CT molecular complexity index is 1290. The first-order chi connectivity index (χ1) is 16.7. The summed E-state index contributed by atoms with van der Waals surface area (Å²) in [6.07, 6.45) is -0.289. The largest absolute Gasteiger partial charge is 0.489 e. The van der Waals surface area contributed by atoms with Crippen LogP contribution in [0.5, 0.6) is 17.2 Å². The molecule has 0 spiro atoms. The Kier molecular flexibility index (Phi) is 6.50. The van der Waals surface area contributed by atoms with Crippen molar-refractivity contribution in [2.24, 2.45) is 0 Å². The van der Waals surface area contributed by atoms with E-state index < -0.39 is 6.10 Å². The van der Waals surface area contributed by atoms with Crippen molar-refractivity contribution in [3.63, 3.8) is 0 Å². The lowest BCUT2D eigenvalue weighted by atomic mass is 9.95. The van der Waals surface area contributed by atoms with Crippen LogP contribution in [-0.2, 0) is 13.2 Å². The van der Waals surface area contributed by atoms with E-state index in [1.807, 2.05) is 78.9 Å². The summed E-state index contributed by atoms with van der Waals surface area (Å²) in [5.41, 5.74) is 3.26. The van der Waals surface area contributed by atoms with Crippen LogP contribution >= 0.6 is 11.6 Å². The zero-order valence-electron chi connectivity index (χ0n) is 18.4. The van der Waals surface area contributed by atoms with Gasteiger partial charge in [0.1, 0.15) is 42.1 Å². The molecule has 1 unspecified atom stereocenters. The van der Waals surface area contributed by atoms with E-state index in [1.54, 1.807) is 18.2 Å². The minimum Gasteiger partial charge on any atom is -0.489 e. The average Bonchev–Trinajstić information content (AvgIpc) is 2.87. The lowest BCUT2D eigenvalue weighted by molar-refractivity contribution is 0.0841. The van der Waals surface area contributed by atoms with Crippen LogP contribution in [0.3, 0.4) is 0 Å². The minimum absolute atomic E-state index is 0.0520. The van der Waals surface area contributed by atoms with Crippen LogP contribution < -0.4 is 14.2 Å². The molecular formula is C29H23ClO4. The van der Waals surface area contributed by atoms with E-state index in [9.17, 15) is 4.79 Å². The van der Waals surface area contributed by atoms with Crippen LogP contribution in [0.2, 0.25) is 5.02 Å². The minimum atomic E-state index is -0.472. The van der Waals surface area contributed by atoms with Crippen molar-refractivity contribution in [2.45, 2.75) is 25.7 Å². The molecule has 0 aliphatic carbocycles. The highest BCUT2D eigenvalue weighted by molar-refractivity contribution is 6.31. The second kappa shape index (κ2) is 10.0. The van der Waals surface area contributed by atoms with E-state index in [4.69, 9.17) is 25.8 Å². The van der Waals surface area contributed by atoms with Crippen molar-refractivity contribution in [1.82, 2.24) is 0 Å². The molecule has 4 aromatic carbocycles. The third kappa shape index (κ3) is 4.92. The number of halogens is 1. The molecule has 0 saturated heterocycles. The second-order valence-corrected chi connectivity index (χ2v) is 8.51. The van der Waals surface area contributed by atoms with Gasteiger partial charge in [-0.3, -0.25) is 4.79 Å². The van der Waals surface area contributed by atoms with Crippen molar-refractivity contribution in [3.8, 4) is 17.2 Å². The van der Waals surface area contributed by atoms with E-state index >= 15 is 0 Å². The van der Waals surface area contributed by atoms with E-state index in [-0.39, 0.29) is 12.2 Å². The number of carbonyl (C=O) groups is 1. The number of ether oxygens (including phenoxy) is 3. The van der Waals surface area contributed by atoms with Gasteiger partial charge in [-0.05, 0) is 17.2 Å². The topological polar surface area (TPSA) is 44.8 Å². The normalized spacial score (nSPS) is 14.7. The van der Waals surface area contributed by atoms with E-state index in [2.05, 4.69) is 0 Å². The Morgan fingerprint density at radius 3 is 2.09 bits per heavy atom. The third-order valence-corrected chi connectivity index (χ3v) is 6.04. The molecule has 4 nitrogen and oxygen atoms in total. The van der Waals surface area contributed by atoms with Crippen molar-refractivity contribution >= 4 is 17.4 Å². The fourth-order valence-corrected chi connectivity index (χ4v) is 4.24. The first kappa shape index (κ1) is 22.1. The lowest BCUT2D eigenvalue weighted by Gasteiger charge is -2.28. The van der Waals surface area contributed by atoms with Gasteiger partial charge in [-0.2, -0.15) is 0 Å². The van der Waals surface area contributed by atoms with Crippen LogP contribution in [0, 0.1) is 0 Å². The third-order valence-electron chi connectivity index (χ3n) is 5.70. The highest BCUT2D eigenvalue weighted by Crippen LogP contribution is 2.43. The molecule has 0 N–H and O–H groups in total. The van der Waals surface area contributed by atoms with Crippen LogP contribution in [0.1, 0.15) is 39.6 Å². The maximum atomic E-state index is 13.3. The number of ketones is 1. The highest BCUT2D eigenvalue weighted by Gasteiger charge is 2.32. The Hall–Kier alpha value is -3.76. The van der Waals surface area contributed by atoms with Gasteiger partial charge < -0.3 is 14.2 Å². The molecular weight excluding hydrogens is 448 g/mol. The Labute approximate surface area is 203 Å². The summed E-state index contributed by atoms with van der Waals surface area (Å²) in [6, 6.07) is 30.7. The van der Waals surface area contributed by atoms with Gasteiger partial charge in [0.25, 0.3) is 0 Å². The summed E-state index contributed by atoms with van der Waals surface area (Å²) in [5.74, 6) is 1.41. The van der Waals surface area contributed by atoms with Gasteiger partial charge in [0.2, 0.25) is 0 Å². The quantitative estimate of drug-likeness (QED) is 0.286. The summed E-state index contributed by atoms with van der Waals surface area (Å²) < 4.78 is 18.5. The van der Waals surface area contributed by atoms with Crippen LogP contribution in [0.15, 0.2) is 97.1 Å². The van der Waals surface area contributed by atoms with Gasteiger partial charge in [0, 0.05) is 22.7 Å². The molecule has 5 heteroatoms. The maximum absolute atomic E-state index is 13.3. The van der Waals surface area contributed by atoms with Crippen molar-refractivity contribution in [1.29, 1.82) is 0 Å². The van der Waals surface area contributed by atoms with Gasteiger partial charge in [0.05, 0.1) is 6.42 Å². The number of benzene rings is 4. The van der Waals surface area contributed by atoms with Gasteiger partial charge in [-0.25, -0.2) is 0 Å². The molecule has 34 heavy (non-hydrogen) atoms. The first-order valence-corrected chi connectivity index (χ1v) is 11.5. The van der Waals surface area contributed by atoms with Gasteiger partial charge in [-0.15, -0.1) is 0 Å². The number of hydrogen-bond acceptors (Lipinski definition) is 4. The summed E-state index contributed by atoms with van der Waals surface area (Å²) >= 11 is 6.39. The Balaban J connectivity index is 1.47. The number of fused-ring (bicyclic) bond motifs is 1. The lowest BCUT2D eigenvalue weighted by Crippen LogP contribution is -2.21. The zero-order chi connectivity index (χ0) is 23.3. The highest BCUT2D eigenvalue weighted by atomic mass is 35.5. The average molecular weight is 471 g/mol. The number of rotatable bonds is 7. The number of Topliss-reactive ketones (excluding diaryl/α,β-unsaturated/α-hetero) is 1. The SMILES string of the molecule is O=C1CC(c2ccccc2Cl)Oc2cc(OCc3ccccc3)cc(OCc3ccccc3)c21. The number of carbonyl (C=O) groups excluding carboxylic acids is 1. The standard InChI is InChI=1S/C29H23ClO4/c30-24-14-8-7-13-23(24)26-17-25(31)29-27(33-19-21-11-5-2-6-12-21)15-22(16-28(29)34-26)32-18-20-9-3-1-4-10-20/h1-16,26H,17-19H2. The Morgan fingerprint density at radius 2 is 1.41 bits per heavy atom. The van der Waals surface area contributed by atoms with Crippen LogP contribution in [-0.4, -0.2) is 5.78 Å². The predicted octanol–water partition coefficient (Wildman–Crippen LogP) is 7.20. The van der Waals surface area contributed by atoms with Crippen LogP contribution in [0.25, 0.3) is 0 Å².